The van der Waals surface area contributed by atoms with Crippen molar-refractivity contribution in [2.75, 3.05) is 19.4 Å². The average Bonchev–Trinajstić information content (AvgIpc) is 2.15. The Kier molecular flexibility index (Phi) is 3.96. The second-order valence-electron chi connectivity index (χ2n) is 2.89. The van der Waals surface area contributed by atoms with E-state index in [-0.39, 0.29) is 0 Å². The van der Waals surface area contributed by atoms with Crippen LogP contribution >= 0.6 is 15.9 Å². The lowest BCUT2D eigenvalue weighted by Gasteiger charge is -2.08. The van der Waals surface area contributed by atoms with Gasteiger partial charge < -0.3 is 5.01 Å². The molecule has 0 bridgehead atoms. The second kappa shape index (κ2) is 5.02. The summed E-state index contributed by atoms with van der Waals surface area (Å²) in [5.74, 6) is 0. The van der Waals surface area contributed by atoms with Gasteiger partial charge in [0.05, 0.1) is 5.71 Å². The first-order valence-electron chi connectivity index (χ1n) is 4.10. The van der Waals surface area contributed by atoms with Gasteiger partial charge in [-0.15, -0.1) is 0 Å². The van der Waals surface area contributed by atoms with Crippen LogP contribution in [0.1, 0.15) is 5.56 Å². The lowest BCUT2D eigenvalue weighted by atomic mass is 10.1. The SMILES string of the molecule is CN(C)/N=C(\CBr)c1ccccc1. The fourth-order valence-corrected chi connectivity index (χ4v) is 1.47. The Morgan fingerprint density at radius 1 is 1.31 bits per heavy atom. The van der Waals surface area contributed by atoms with Gasteiger partial charge in [-0.25, -0.2) is 0 Å². The molecule has 0 aliphatic rings. The summed E-state index contributed by atoms with van der Waals surface area (Å²) < 4.78 is 0. The first-order chi connectivity index (χ1) is 6.24. The Bertz CT molecular complexity index is 280. The molecule has 0 fully saturated rings. The molecule has 0 spiro atoms. The number of rotatable bonds is 3. The number of hydrogen-bond donors (Lipinski definition) is 0. The van der Waals surface area contributed by atoms with E-state index in [0.29, 0.717) is 0 Å². The predicted molar refractivity (Wildman–Crippen MR) is 60.5 cm³/mol. The molecular weight excluding hydrogens is 228 g/mol. The molecular formula is C10H13BrN2. The summed E-state index contributed by atoms with van der Waals surface area (Å²) in [6, 6.07) is 10.2. The topological polar surface area (TPSA) is 15.6 Å². The highest BCUT2D eigenvalue weighted by Crippen LogP contribution is 2.04. The van der Waals surface area contributed by atoms with Gasteiger partial charge in [0.25, 0.3) is 0 Å². The van der Waals surface area contributed by atoms with Crippen LogP contribution in [-0.2, 0) is 0 Å². The van der Waals surface area contributed by atoms with E-state index in [1.807, 2.05) is 37.3 Å². The van der Waals surface area contributed by atoms with Crippen LogP contribution in [0.2, 0.25) is 0 Å². The molecule has 0 aliphatic carbocycles. The fraction of sp³-hybridized carbons (Fsp3) is 0.300. The van der Waals surface area contributed by atoms with Crippen molar-refractivity contribution < 1.29 is 0 Å². The number of hydrogen-bond acceptors (Lipinski definition) is 2. The maximum atomic E-state index is 4.37. The lowest BCUT2D eigenvalue weighted by Crippen LogP contribution is -2.11. The van der Waals surface area contributed by atoms with E-state index in [4.69, 9.17) is 0 Å². The second-order valence-corrected chi connectivity index (χ2v) is 3.45. The van der Waals surface area contributed by atoms with Crippen LogP contribution < -0.4 is 0 Å². The van der Waals surface area contributed by atoms with Gasteiger partial charge >= 0.3 is 0 Å². The molecule has 3 heteroatoms. The number of alkyl halides is 1. The molecule has 0 amide bonds. The summed E-state index contributed by atoms with van der Waals surface area (Å²) in [7, 11) is 3.84. The molecule has 0 unspecified atom stereocenters. The molecule has 0 aliphatic heterocycles. The fourth-order valence-electron chi connectivity index (χ4n) is 1.03. The van der Waals surface area contributed by atoms with Crippen molar-refractivity contribution >= 4 is 21.6 Å². The van der Waals surface area contributed by atoms with Crippen molar-refractivity contribution in [3.05, 3.63) is 35.9 Å². The Labute approximate surface area is 87.4 Å². The molecule has 0 atom stereocenters. The van der Waals surface area contributed by atoms with Crippen LogP contribution in [0.25, 0.3) is 0 Å². The minimum absolute atomic E-state index is 0.773. The van der Waals surface area contributed by atoms with Crippen LogP contribution in [0.15, 0.2) is 35.4 Å². The molecule has 13 heavy (non-hydrogen) atoms. The van der Waals surface area contributed by atoms with Crippen molar-refractivity contribution in [3.8, 4) is 0 Å². The van der Waals surface area contributed by atoms with Crippen molar-refractivity contribution in [1.82, 2.24) is 5.01 Å². The smallest absolute Gasteiger partial charge is 0.0782 e. The van der Waals surface area contributed by atoms with Crippen LogP contribution in [0.4, 0.5) is 0 Å². The number of halogens is 1. The summed E-state index contributed by atoms with van der Waals surface area (Å²) in [6.07, 6.45) is 0. The Balaban J connectivity index is 2.91. The van der Waals surface area contributed by atoms with E-state index in [2.05, 4.69) is 33.2 Å². The normalized spacial score (nSPS) is 11.5. The number of hydrazone groups is 1. The van der Waals surface area contributed by atoms with Crippen molar-refractivity contribution in [1.29, 1.82) is 0 Å². The molecule has 1 aromatic rings. The van der Waals surface area contributed by atoms with Gasteiger partial charge in [-0.2, -0.15) is 5.10 Å². The number of benzene rings is 1. The van der Waals surface area contributed by atoms with E-state index in [0.717, 1.165) is 16.6 Å². The van der Waals surface area contributed by atoms with E-state index >= 15 is 0 Å². The Hall–Kier alpha value is -0.830. The molecule has 0 heterocycles. The van der Waals surface area contributed by atoms with Crippen LogP contribution in [0.5, 0.6) is 0 Å². The van der Waals surface area contributed by atoms with Gasteiger partial charge in [-0.1, -0.05) is 46.3 Å². The van der Waals surface area contributed by atoms with E-state index in [9.17, 15) is 0 Å². The van der Waals surface area contributed by atoms with Crippen molar-refractivity contribution in [2.24, 2.45) is 5.10 Å². The largest absolute Gasteiger partial charge is 0.303 e. The van der Waals surface area contributed by atoms with Crippen LogP contribution in [0.3, 0.4) is 0 Å². The minimum Gasteiger partial charge on any atom is -0.303 e. The minimum atomic E-state index is 0.773. The highest BCUT2D eigenvalue weighted by molar-refractivity contribution is 9.09. The molecule has 70 valence electrons. The van der Waals surface area contributed by atoms with E-state index in [1.54, 1.807) is 0 Å². The molecule has 1 rings (SSSR count). The third kappa shape index (κ3) is 3.19. The molecule has 2 nitrogen and oxygen atoms in total. The van der Waals surface area contributed by atoms with E-state index in [1.165, 1.54) is 0 Å². The number of nitrogens with zero attached hydrogens (tertiary/aromatic N) is 2. The summed E-state index contributed by atoms with van der Waals surface area (Å²) in [5.41, 5.74) is 2.21. The third-order valence-electron chi connectivity index (χ3n) is 1.55. The van der Waals surface area contributed by atoms with Crippen LogP contribution in [0, 0.1) is 0 Å². The monoisotopic (exact) mass is 240 g/mol. The van der Waals surface area contributed by atoms with Crippen molar-refractivity contribution in [3.63, 3.8) is 0 Å². The molecule has 1 aromatic carbocycles. The average molecular weight is 241 g/mol. The van der Waals surface area contributed by atoms with Gasteiger partial charge in [-0.05, 0) is 5.56 Å². The van der Waals surface area contributed by atoms with Gasteiger partial charge in [0, 0.05) is 19.4 Å². The molecule has 0 aromatic heterocycles. The maximum absolute atomic E-state index is 4.37. The summed E-state index contributed by atoms with van der Waals surface area (Å²) in [5, 5.41) is 6.95. The molecule has 0 radical (unpaired) electrons. The summed E-state index contributed by atoms with van der Waals surface area (Å²) in [6.45, 7) is 0. The highest BCUT2D eigenvalue weighted by atomic mass is 79.9. The quantitative estimate of drug-likeness (QED) is 0.450. The van der Waals surface area contributed by atoms with Gasteiger partial charge in [0.2, 0.25) is 0 Å². The zero-order chi connectivity index (χ0) is 9.68. The first kappa shape index (κ1) is 10.3. The Morgan fingerprint density at radius 3 is 2.38 bits per heavy atom. The molecule has 0 saturated heterocycles. The standard InChI is InChI=1S/C10H13BrN2/c1-13(2)12-10(8-11)9-6-4-3-5-7-9/h3-7H,8H2,1-2H3/b12-10+. The summed E-state index contributed by atoms with van der Waals surface area (Å²) >= 11 is 3.42. The third-order valence-corrected chi connectivity index (χ3v) is 2.09. The van der Waals surface area contributed by atoms with Crippen LogP contribution in [-0.4, -0.2) is 30.1 Å². The van der Waals surface area contributed by atoms with Gasteiger partial charge in [0.15, 0.2) is 0 Å². The maximum Gasteiger partial charge on any atom is 0.0782 e. The Morgan fingerprint density at radius 2 is 1.92 bits per heavy atom. The molecule has 0 N–H and O–H groups in total. The van der Waals surface area contributed by atoms with Gasteiger partial charge in [-0.3, -0.25) is 0 Å². The predicted octanol–water partition coefficient (Wildman–Crippen LogP) is 2.35. The van der Waals surface area contributed by atoms with Gasteiger partial charge in [0.1, 0.15) is 0 Å². The summed E-state index contributed by atoms with van der Waals surface area (Å²) in [4.78, 5) is 0. The molecule has 0 saturated carbocycles. The van der Waals surface area contributed by atoms with E-state index < -0.39 is 0 Å². The van der Waals surface area contributed by atoms with Crippen molar-refractivity contribution in [2.45, 2.75) is 0 Å². The highest BCUT2D eigenvalue weighted by Gasteiger charge is 2.00. The zero-order valence-electron chi connectivity index (χ0n) is 7.87. The lowest BCUT2D eigenvalue weighted by molar-refractivity contribution is 0.438. The first-order valence-corrected chi connectivity index (χ1v) is 5.22. The zero-order valence-corrected chi connectivity index (χ0v) is 9.45.